The fraction of sp³-hybridized carbons (Fsp3) is 0.208. The molecule has 1 aliphatic heterocycles. The Kier molecular flexibility index (Phi) is 5.11. The van der Waals surface area contributed by atoms with E-state index in [2.05, 4.69) is 41.4 Å². The van der Waals surface area contributed by atoms with Gasteiger partial charge in [0, 0.05) is 49.2 Å². The second kappa shape index (κ2) is 8.56. The van der Waals surface area contributed by atoms with Gasteiger partial charge in [0.05, 0.1) is 30.6 Å². The van der Waals surface area contributed by atoms with E-state index in [4.69, 9.17) is 4.74 Å². The Morgan fingerprint density at radius 1 is 0.941 bits per heavy atom. The number of hydrogen-bond donors (Lipinski definition) is 1. The van der Waals surface area contributed by atoms with Crippen molar-refractivity contribution in [3.05, 3.63) is 67.4 Å². The van der Waals surface area contributed by atoms with Gasteiger partial charge in [0.1, 0.15) is 6.33 Å². The first kappa shape index (κ1) is 20.3. The predicted molar refractivity (Wildman–Crippen MR) is 129 cm³/mol. The van der Waals surface area contributed by atoms with Gasteiger partial charge in [-0.15, -0.1) is 5.10 Å². The molecule has 0 radical (unpaired) electrons. The average Bonchev–Trinajstić information content (AvgIpc) is 3.55. The summed E-state index contributed by atoms with van der Waals surface area (Å²) in [5.74, 6) is 1.27. The first-order valence-corrected chi connectivity index (χ1v) is 11.1. The maximum absolute atomic E-state index is 5.40. The standard InChI is InChI=1S/C24H23N9O/c1-31-15-19(14-27-31)17-2-7-22-18(12-17)13-25-23(29-22)28-20-3-5-21(6-4-20)33-16-26-24(30-33)32-8-10-34-11-9-32/h2-7,12-16H,8-11H2,1H3,(H,25,28,29). The van der Waals surface area contributed by atoms with Crippen molar-refractivity contribution in [3.63, 3.8) is 0 Å². The highest BCUT2D eigenvalue weighted by atomic mass is 16.5. The van der Waals surface area contributed by atoms with Gasteiger partial charge in [-0.2, -0.15) is 10.1 Å². The maximum atomic E-state index is 5.40. The molecule has 1 fully saturated rings. The molecule has 3 aromatic heterocycles. The van der Waals surface area contributed by atoms with E-state index in [-0.39, 0.29) is 0 Å². The lowest BCUT2D eigenvalue weighted by Crippen LogP contribution is -2.37. The number of hydrogen-bond acceptors (Lipinski definition) is 8. The molecule has 170 valence electrons. The third kappa shape index (κ3) is 4.06. The molecule has 5 aromatic rings. The highest BCUT2D eigenvalue weighted by molar-refractivity contribution is 5.84. The molecule has 1 saturated heterocycles. The molecule has 1 aliphatic rings. The van der Waals surface area contributed by atoms with Crippen LogP contribution in [0.2, 0.25) is 0 Å². The van der Waals surface area contributed by atoms with Gasteiger partial charge in [-0.3, -0.25) is 4.68 Å². The summed E-state index contributed by atoms with van der Waals surface area (Å²) in [5.41, 5.74) is 4.85. The molecule has 0 spiro atoms. The number of nitrogens with one attached hydrogen (secondary N) is 1. The lowest BCUT2D eigenvalue weighted by atomic mass is 10.1. The molecule has 0 aliphatic carbocycles. The highest BCUT2D eigenvalue weighted by Crippen LogP contribution is 2.24. The van der Waals surface area contributed by atoms with E-state index in [1.54, 1.807) is 15.7 Å². The van der Waals surface area contributed by atoms with E-state index in [9.17, 15) is 0 Å². The number of ether oxygens (including phenoxy) is 1. The Labute approximate surface area is 195 Å². The quantitative estimate of drug-likeness (QED) is 0.433. The lowest BCUT2D eigenvalue weighted by molar-refractivity contribution is 0.122. The number of nitrogens with zero attached hydrogens (tertiary/aromatic N) is 8. The fourth-order valence-corrected chi connectivity index (χ4v) is 3.96. The molecule has 10 nitrogen and oxygen atoms in total. The SMILES string of the molecule is Cn1cc(-c2ccc3nc(Nc4ccc(-n5cnc(N6CCOCC6)n5)cc4)ncc3c2)cn1. The summed E-state index contributed by atoms with van der Waals surface area (Å²) >= 11 is 0. The van der Waals surface area contributed by atoms with Crippen LogP contribution in [0.3, 0.4) is 0 Å². The van der Waals surface area contributed by atoms with Crippen LogP contribution in [0.25, 0.3) is 27.7 Å². The molecule has 34 heavy (non-hydrogen) atoms. The maximum Gasteiger partial charge on any atom is 0.245 e. The summed E-state index contributed by atoms with van der Waals surface area (Å²) in [6.45, 7) is 3.03. The van der Waals surface area contributed by atoms with Crippen LogP contribution in [0.15, 0.2) is 67.4 Å². The van der Waals surface area contributed by atoms with Gasteiger partial charge in [0.2, 0.25) is 11.9 Å². The molecule has 0 saturated carbocycles. The van der Waals surface area contributed by atoms with Crippen LogP contribution in [0, 0.1) is 0 Å². The minimum atomic E-state index is 0.546. The molecule has 2 aromatic carbocycles. The molecule has 4 heterocycles. The fourth-order valence-electron chi connectivity index (χ4n) is 3.96. The monoisotopic (exact) mass is 453 g/mol. The normalized spacial score (nSPS) is 14.0. The van der Waals surface area contributed by atoms with Gasteiger partial charge in [-0.25, -0.2) is 14.6 Å². The Hall–Kier alpha value is -4.31. The van der Waals surface area contributed by atoms with E-state index in [1.165, 1.54) is 0 Å². The predicted octanol–water partition coefficient (Wildman–Crippen LogP) is 3.19. The number of aryl methyl sites for hydroxylation is 1. The van der Waals surface area contributed by atoms with Crippen LogP contribution in [-0.2, 0) is 11.8 Å². The van der Waals surface area contributed by atoms with Gasteiger partial charge in [-0.05, 0) is 42.0 Å². The Bertz CT molecular complexity index is 1430. The van der Waals surface area contributed by atoms with E-state index in [1.807, 2.05) is 62.0 Å². The second-order valence-electron chi connectivity index (χ2n) is 8.13. The minimum Gasteiger partial charge on any atom is -0.378 e. The largest absolute Gasteiger partial charge is 0.378 e. The molecule has 0 unspecified atom stereocenters. The van der Waals surface area contributed by atoms with Crippen molar-refractivity contribution < 1.29 is 4.74 Å². The summed E-state index contributed by atoms with van der Waals surface area (Å²) in [6.07, 6.45) is 7.41. The van der Waals surface area contributed by atoms with Gasteiger partial charge in [0.15, 0.2) is 0 Å². The van der Waals surface area contributed by atoms with Gasteiger partial charge < -0.3 is 15.0 Å². The van der Waals surface area contributed by atoms with E-state index < -0.39 is 0 Å². The van der Waals surface area contributed by atoms with E-state index >= 15 is 0 Å². The zero-order valence-corrected chi connectivity index (χ0v) is 18.7. The van der Waals surface area contributed by atoms with Crippen molar-refractivity contribution in [2.75, 3.05) is 36.5 Å². The van der Waals surface area contributed by atoms with Crippen LogP contribution >= 0.6 is 0 Å². The number of rotatable bonds is 5. The summed E-state index contributed by atoms with van der Waals surface area (Å²) in [6, 6.07) is 14.1. The first-order valence-electron chi connectivity index (χ1n) is 11.1. The van der Waals surface area contributed by atoms with Crippen molar-refractivity contribution in [1.82, 2.24) is 34.5 Å². The summed E-state index contributed by atoms with van der Waals surface area (Å²) in [5, 5.41) is 13.1. The Balaban J connectivity index is 1.17. The number of anilines is 3. The average molecular weight is 454 g/mol. The molecule has 0 atom stereocenters. The number of benzene rings is 2. The molecule has 0 amide bonds. The Morgan fingerprint density at radius 2 is 1.79 bits per heavy atom. The molecule has 0 bridgehead atoms. The minimum absolute atomic E-state index is 0.546. The van der Waals surface area contributed by atoms with Gasteiger partial charge in [0.25, 0.3) is 0 Å². The molecule has 10 heteroatoms. The van der Waals surface area contributed by atoms with Gasteiger partial charge >= 0.3 is 0 Å². The van der Waals surface area contributed by atoms with Crippen LogP contribution < -0.4 is 10.2 Å². The lowest BCUT2D eigenvalue weighted by Gasteiger charge is -2.25. The smallest absolute Gasteiger partial charge is 0.245 e. The number of morpholine rings is 1. The number of aromatic nitrogens is 7. The number of fused-ring (bicyclic) bond motifs is 1. The van der Waals surface area contributed by atoms with Crippen molar-refractivity contribution in [3.8, 4) is 16.8 Å². The first-order chi connectivity index (χ1) is 16.7. The van der Waals surface area contributed by atoms with Crippen LogP contribution in [0.5, 0.6) is 0 Å². The molecular formula is C24H23N9O. The molecular weight excluding hydrogens is 430 g/mol. The summed E-state index contributed by atoms with van der Waals surface area (Å²) in [4.78, 5) is 15.7. The second-order valence-corrected chi connectivity index (χ2v) is 8.13. The summed E-state index contributed by atoms with van der Waals surface area (Å²) in [7, 11) is 1.91. The Morgan fingerprint density at radius 3 is 2.59 bits per heavy atom. The molecule has 6 rings (SSSR count). The topological polar surface area (TPSA) is 98.8 Å². The zero-order chi connectivity index (χ0) is 22.9. The third-order valence-electron chi connectivity index (χ3n) is 5.78. The third-order valence-corrected chi connectivity index (χ3v) is 5.78. The van der Waals surface area contributed by atoms with Crippen molar-refractivity contribution in [2.24, 2.45) is 7.05 Å². The van der Waals surface area contributed by atoms with Gasteiger partial charge in [-0.1, -0.05) is 6.07 Å². The van der Waals surface area contributed by atoms with Crippen LogP contribution in [0.4, 0.5) is 17.6 Å². The van der Waals surface area contributed by atoms with E-state index in [0.29, 0.717) is 19.2 Å². The van der Waals surface area contributed by atoms with E-state index in [0.717, 1.165) is 52.4 Å². The van der Waals surface area contributed by atoms with Crippen LogP contribution in [0.1, 0.15) is 0 Å². The zero-order valence-electron chi connectivity index (χ0n) is 18.7. The van der Waals surface area contributed by atoms with Crippen molar-refractivity contribution >= 4 is 28.5 Å². The highest BCUT2D eigenvalue weighted by Gasteiger charge is 2.15. The van der Waals surface area contributed by atoms with Crippen molar-refractivity contribution in [2.45, 2.75) is 0 Å². The summed E-state index contributed by atoms with van der Waals surface area (Å²) < 4.78 is 8.97. The molecule has 1 N–H and O–H groups in total. The van der Waals surface area contributed by atoms with Crippen molar-refractivity contribution in [1.29, 1.82) is 0 Å². The van der Waals surface area contributed by atoms with Crippen LogP contribution in [-0.4, -0.2) is 60.8 Å².